The minimum atomic E-state index is -1.23. The molecular formula is C96H154N8O21S2V2. The predicted octanol–water partition coefficient (Wildman–Crippen LogP) is 12.1. The molecule has 0 spiro atoms. The van der Waals surface area contributed by atoms with E-state index in [1.807, 2.05) is 182 Å². The van der Waals surface area contributed by atoms with E-state index in [0.29, 0.717) is 37.6 Å². The molecule has 2 unspecified atom stereocenters. The summed E-state index contributed by atoms with van der Waals surface area (Å²) in [6.45, 7) is 41.6. The summed E-state index contributed by atoms with van der Waals surface area (Å²) in [4.78, 5) is 188. The second kappa shape index (κ2) is 65.7. The van der Waals surface area contributed by atoms with Crippen LogP contribution in [0.3, 0.4) is 0 Å². The fourth-order valence-corrected chi connectivity index (χ4v) is 13.7. The van der Waals surface area contributed by atoms with Crippen LogP contribution in [0.1, 0.15) is 216 Å². The maximum absolute atomic E-state index is 14.0. The number of hydrogen-bond donors (Lipinski definition) is 6. The summed E-state index contributed by atoms with van der Waals surface area (Å²) >= 11 is 3.00. The minimum absolute atomic E-state index is 0. The van der Waals surface area contributed by atoms with E-state index >= 15 is 0 Å². The minimum Gasteiger partial charge on any atom is -0.481 e. The molecule has 129 heavy (non-hydrogen) atoms. The summed E-state index contributed by atoms with van der Waals surface area (Å²) in [5.41, 5.74) is 3.76. The third kappa shape index (κ3) is 46.4. The van der Waals surface area contributed by atoms with Gasteiger partial charge in [-0.25, -0.2) is 9.59 Å². The molecule has 0 fully saturated rings. The first-order chi connectivity index (χ1) is 59.3. The summed E-state index contributed by atoms with van der Waals surface area (Å²) in [5.74, 6) is -7.94. The van der Waals surface area contributed by atoms with Crippen molar-refractivity contribution in [3.8, 4) is 0 Å². The smallest absolute Gasteiger partial charge is 0.334 e. The Kier molecular flexibility index (Phi) is 63.8. The Labute approximate surface area is 801 Å². The normalized spacial score (nSPS) is 15.4. The van der Waals surface area contributed by atoms with Gasteiger partial charge in [-0.2, -0.15) is 0 Å². The summed E-state index contributed by atoms with van der Waals surface area (Å²) in [6.07, 6.45) is 9.02. The number of aliphatic carboxylic acids is 1. The number of aliphatic hydroxyl groups is 1. The molecule has 0 saturated heterocycles. The second-order valence-corrected chi connectivity index (χ2v) is 36.1. The van der Waals surface area contributed by atoms with E-state index in [0.717, 1.165) is 22.3 Å². The molecule has 0 aliphatic carbocycles. The van der Waals surface area contributed by atoms with Gasteiger partial charge in [0, 0.05) is 101 Å². The Morgan fingerprint density at radius 3 is 1.09 bits per heavy atom. The van der Waals surface area contributed by atoms with Gasteiger partial charge >= 0.3 is 23.9 Å². The number of likely N-dealkylation sites (N-methyl/N-ethyl adjacent to an activating group) is 4. The fraction of sp³-hybridized carbons (Fsp3) is 0.646. The van der Waals surface area contributed by atoms with Crippen molar-refractivity contribution in [2.24, 2.45) is 47.3 Å². The van der Waals surface area contributed by atoms with Crippen LogP contribution in [0.25, 0.3) is 0 Å². The number of hydrogen-bond acceptors (Lipinski definition) is 22. The SMILES string of the molecule is C/C=C(\C)[C@@H](O)[C@H](C)[C@H](C/C=C(\C)C(=O)O[C@H](CC(C)C)C(=O)N[C@@H](C)C(=O)N(C)[C@H](Cc1ccccc1)C(=O)N(C)CC(=O)N[C@H](C(C)=O)C(C)CC)OCSC.C/C=C(\C)[C@@H](OC(=O)C(C)C)[C@H](C)[C@H](C/C=C(\C)C(=O)O[C@H](CC(C)C)C(=O)N[C@@H](C)C(=O)N(C)[C@H](Cc1ccccc1)C(=O)N(C)CC(=O)N[C@H](C(C)=O)C(C)CC)OCSC.CC(C)C(=O)O.[V].[V]. The topological polar surface area (TPSA) is 387 Å². The van der Waals surface area contributed by atoms with E-state index in [9.17, 15) is 72.2 Å². The van der Waals surface area contributed by atoms with Gasteiger partial charge in [-0.15, -0.1) is 23.5 Å². The molecule has 8 amide bonds. The Balaban J connectivity index is -0.00000228. The third-order valence-corrected chi connectivity index (χ3v) is 22.8. The number of carboxylic acid groups (broad SMARTS) is 1. The molecule has 0 aliphatic rings. The molecule has 0 bridgehead atoms. The van der Waals surface area contributed by atoms with Crippen molar-refractivity contribution in [3.05, 3.63) is 118 Å². The second-order valence-electron chi connectivity index (χ2n) is 34.5. The molecule has 2 aromatic carbocycles. The molecule has 0 aromatic heterocycles. The number of carboxylic acids is 1. The van der Waals surface area contributed by atoms with Gasteiger partial charge < -0.3 is 74.8 Å². The number of carbonyl (C=O) groups is 14. The predicted molar refractivity (Wildman–Crippen MR) is 500 cm³/mol. The summed E-state index contributed by atoms with van der Waals surface area (Å²) in [6, 6.07) is 12.5. The monoisotopic (exact) mass is 1920 g/mol. The number of nitrogens with zero attached hydrogens (tertiary/aromatic N) is 4. The van der Waals surface area contributed by atoms with E-state index in [4.69, 9.17) is 28.8 Å². The molecule has 29 nitrogen and oxygen atoms in total. The van der Waals surface area contributed by atoms with Crippen LogP contribution in [0.15, 0.2) is 107 Å². The standard InChI is InChI=1S/C48H76N4O10S.C44H70N4O9S.C4H8O2.2V/c1-16-31(7)42(36(12)53)50-41(54)27-51(13)46(57)38(26-37-21-19-18-20-22-37)52(14)45(56)35(11)49-44(55)40(25-29(3)4)61-48(59)33(9)23-24-39(60-28-63-15)34(10)43(32(8)17-2)62-47(58)30(5)6;1-14-28(5)39(33(10)49)46-38(50)25-47(11)43(54)35(24-34-19-17-16-18-20-34)48(12)42(53)32(9)45-41(52)37(23-27(3)4)57-44(55)30(7)21-22-36(56-26-58-13)31(8)40(51)29(6)15-2;1-3(2)4(5)6;;/h17-23,29-31,34-35,38-40,42-43H,16,24-28H2,1-15H3,(H,49,55)(H,50,54);15-21,27-28,31-32,35-37,39-40,51H,14,22-26H2,1-13H3,(H,45,52)(H,46,50);3H,1-2H3,(H,5,6);;/b32-17+,33-23+;29-15+,30-21+;;;/t31?,34-,35+,38-,39+,40-,42+,43-;28?,31-,32+,35-,36+,37-,39+,40-;;;/m11.../s1. The third-order valence-electron chi connectivity index (χ3n) is 22.0. The molecule has 2 radical (unpaired) electrons. The molecule has 726 valence electrons. The van der Waals surface area contributed by atoms with E-state index in [-0.39, 0.29) is 158 Å². The van der Waals surface area contributed by atoms with Crippen molar-refractivity contribution in [2.75, 3.05) is 65.7 Å². The quantitative estimate of drug-likeness (QED) is 0.0118. The number of Topliss-reactive ketones (excluding diaryl/α,β-unsaturated/α-hetero) is 2. The maximum Gasteiger partial charge on any atom is 0.334 e. The van der Waals surface area contributed by atoms with Gasteiger partial charge in [0.2, 0.25) is 35.4 Å². The molecule has 0 heterocycles. The first-order valence-corrected chi connectivity index (χ1v) is 46.8. The van der Waals surface area contributed by atoms with Crippen molar-refractivity contribution in [1.29, 1.82) is 0 Å². The number of amides is 8. The molecule has 0 saturated carbocycles. The largest absolute Gasteiger partial charge is 0.481 e. The number of ketones is 2. The Morgan fingerprint density at radius 1 is 0.465 bits per heavy atom. The van der Waals surface area contributed by atoms with Crippen LogP contribution >= 0.6 is 23.5 Å². The molecule has 2 rings (SSSR count). The summed E-state index contributed by atoms with van der Waals surface area (Å²) < 4.78 is 29.6. The number of ether oxygens (including phenoxy) is 5. The van der Waals surface area contributed by atoms with Crippen LogP contribution in [-0.4, -0.2) is 251 Å². The Bertz CT molecular complexity index is 3960. The number of nitrogens with one attached hydrogen (secondary N) is 4. The number of esters is 3. The Hall–Kier alpha value is -7.87. The maximum atomic E-state index is 14.0. The molecular weight excluding hydrogens is 1770 g/mol. The van der Waals surface area contributed by atoms with Gasteiger partial charge in [0.15, 0.2) is 23.8 Å². The number of allylic oxidation sites excluding steroid dienone is 2. The number of rotatable bonds is 53. The van der Waals surface area contributed by atoms with Crippen molar-refractivity contribution < 1.29 is 138 Å². The first kappa shape index (κ1) is 125. The fourth-order valence-electron chi connectivity index (χ4n) is 13.1. The average molecular weight is 1920 g/mol. The first-order valence-electron chi connectivity index (χ1n) is 44.0. The van der Waals surface area contributed by atoms with Gasteiger partial charge in [0.25, 0.3) is 11.8 Å². The van der Waals surface area contributed by atoms with Crippen molar-refractivity contribution >= 4 is 106 Å². The summed E-state index contributed by atoms with van der Waals surface area (Å²) in [5, 5.41) is 29.7. The zero-order valence-corrected chi connectivity index (χ0v) is 86.7. The van der Waals surface area contributed by atoms with Crippen LogP contribution < -0.4 is 21.3 Å². The molecule has 16 atom stereocenters. The number of benzene rings is 2. The zero-order chi connectivity index (χ0) is 97.6. The van der Waals surface area contributed by atoms with Gasteiger partial charge in [-0.1, -0.05) is 195 Å². The number of aliphatic hydroxyl groups excluding tert-OH is 1. The van der Waals surface area contributed by atoms with E-state index in [2.05, 4.69) is 21.3 Å². The van der Waals surface area contributed by atoms with Gasteiger partial charge in [0.1, 0.15) is 30.3 Å². The van der Waals surface area contributed by atoms with Crippen LogP contribution in [-0.2, 0) is 141 Å². The molecule has 2 aromatic rings. The van der Waals surface area contributed by atoms with E-state index in [1.54, 1.807) is 53.7 Å². The van der Waals surface area contributed by atoms with Crippen molar-refractivity contribution in [2.45, 2.75) is 290 Å². The van der Waals surface area contributed by atoms with E-state index in [1.165, 1.54) is 99.0 Å². The Morgan fingerprint density at radius 2 is 0.798 bits per heavy atom. The summed E-state index contributed by atoms with van der Waals surface area (Å²) in [7, 11) is 5.85. The molecule has 6 N–H and O–H groups in total. The van der Waals surface area contributed by atoms with Crippen molar-refractivity contribution in [1.82, 2.24) is 40.9 Å². The van der Waals surface area contributed by atoms with Crippen LogP contribution in [0.2, 0.25) is 0 Å². The van der Waals surface area contributed by atoms with Gasteiger partial charge in [-0.3, -0.25) is 57.5 Å². The van der Waals surface area contributed by atoms with Crippen LogP contribution in [0.5, 0.6) is 0 Å². The number of thioether (sulfide) groups is 2. The van der Waals surface area contributed by atoms with Crippen LogP contribution in [0, 0.1) is 47.3 Å². The van der Waals surface area contributed by atoms with Crippen LogP contribution in [0.4, 0.5) is 0 Å². The zero-order valence-electron chi connectivity index (χ0n) is 82.3. The van der Waals surface area contributed by atoms with Crippen molar-refractivity contribution in [3.63, 3.8) is 0 Å². The molecule has 0 aliphatic heterocycles. The van der Waals surface area contributed by atoms with E-state index < -0.39 is 132 Å². The van der Waals surface area contributed by atoms with Gasteiger partial charge in [0.05, 0.1) is 67.2 Å². The van der Waals surface area contributed by atoms with Gasteiger partial charge in [-0.05, 0) is 153 Å². The number of carbonyl (C=O) groups excluding carboxylic acids is 13. The molecule has 33 heteroatoms. The average Bonchev–Trinajstić information content (AvgIpc) is 0.841.